The first kappa shape index (κ1) is 16.1. The van der Waals surface area contributed by atoms with Gasteiger partial charge in [-0.2, -0.15) is 0 Å². The predicted octanol–water partition coefficient (Wildman–Crippen LogP) is 3.31. The fourth-order valence-electron chi connectivity index (χ4n) is 2.62. The fraction of sp³-hybridized carbons (Fsp3) is 0.263. The van der Waals surface area contributed by atoms with E-state index < -0.39 is 0 Å². The fourth-order valence-corrected chi connectivity index (χ4v) is 2.62. The van der Waals surface area contributed by atoms with Gasteiger partial charge in [0.05, 0.1) is 17.8 Å². The third kappa shape index (κ3) is 3.56. The van der Waals surface area contributed by atoms with Crippen LogP contribution >= 0.6 is 0 Å². The number of hydrogen-bond donors (Lipinski definition) is 1. The van der Waals surface area contributed by atoms with Crippen LogP contribution in [0.25, 0.3) is 10.9 Å². The summed E-state index contributed by atoms with van der Waals surface area (Å²) in [5.41, 5.74) is 1.93. The number of nitrogens with zero attached hydrogens (tertiary/aromatic N) is 2. The Morgan fingerprint density at radius 1 is 1.21 bits per heavy atom. The van der Waals surface area contributed by atoms with Gasteiger partial charge < -0.3 is 14.6 Å². The summed E-state index contributed by atoms with van der Waals surface area (Å²) in [5.74, 6) is 0.556. The van der Waals surface area contributed by atoms with Crippen molar-refractivity contribution in [3.8, 4) is 5.75 Å². The molecule has 0 atom stereocenters. The number of carbonyl (C=O) groups excluding carboxylic acids is 1. The van der Waals surface area contributed by atoms with Gasteiger partial charge in [0.25, 0.3) is 5.91 Å². The highest BCUT2D eigenvalue weighted by Gasteiger charge is 2.10. The van der Waals surface area contributed by atoms with Crippen LogP contribution in [0.4, 0.5) is 0 Å². The molecule has 0 bridgehead atoms. The summed E-state index contributed by atoms with van der Waals surface area (Å²) < 4.78 is 7.90. The van der Waals surface area contributed by atoms with Crippen LogP contribution in [0.2, 0.25) is 0 Å². The monoisotopic (exact) mass is 323 g/mol. The molecule has 0 aliphatic heterocycles. The van der Waals surface area contributed by atoms with E-state index in [-0.39, 0.29) is 12.5 Å². The summed E-state index contributed by atoms with van der Waals surface area (Å²) >= 11 is 0. The molecule has 0 spiro atoms. The van der Waals surface area contributed by atoms with Gasteiger partial charge in [-0.1, -0.05) is 12.1 Å². The molecule has 0 fully saturated rings. The SMILES string of the molecule is CC(C)n1ccc2c(OCC(=O)NCc3ccccn3)cccc21. The summed E-state index contributed by atoms with van der Waals surface area (Å²) in [4.78, 5) is 16.1. The van der Waals surface area contributed by atoms with Crippen molar-refractivity contribution in [1.82, 2.24) is 14.9 Å². The summed E-state index contributed by atoms with van der Waals surface area (Å²) in [5, 5.41) is 3.83. The molecule has 1 N–H and O–H groups in total. The molecular weight excluding hydrogens is 302 g/mol. The number of nitrogens with one attached hydrogen (secondary N) is 1. The van der Waals surface area contributed by atoms with E-state index in [1.165, 1.54) is 0 Å². The molecule has 1 aromatic carbocycles. The highest BCUT2D eigenvalue weighted by molar-refractivity contribution is 5.87. The molecule has 124 valence electrons. The molecule has 5 nitrogen and oxygen atoms in total. The summed E-state index contributed by atoms with van der Waals surface area (Å²) in [6.07, 6.45) is 3.75. The Balaban J connectivity index is 1.62. The van der Waals surface area contributed by atoms with Gasteiger partial charge in [-0.3, -0.25) is 9.78 Å². The molecule has 5 heteroatoms. The minimum atomic E-state index is -0.166. The van der Waals surface area contributed by atoms with Crippen molar-refractivity contribution in [2.75, 3.05) is 6.61 Å². The molecule has 24 heavy (non-hydrogen) atoms. The maximum atomic E-state index is 12.0. The number of rotatable bonds is 6. The van der Waals surface area contributed by atoms with Crippen LogP contribution in [0.15, 0.2) is 54.9 Å². The Bertz CT molecular complexity index is 825. The van der Waals surface area contributed by atoms with Gasteiger partial charge in [0.1, 0.15) is 5.75 Å². The first-order valence-electron chi connectivity index (χ1n) is 8.04. The van der Waals surface area contributed by atoms with E-state index in [0.29, 0.717) is 12.6 Å². The van der Waals surface area contributed by atoms with Gasteiger partial charge in [0.15, 0.2) is 6.61 Å². The van der Waals surface area contributed by atoms with Crippen molar-refractivity contribution in [3.63, 3.8) is 0 Å². The first-order chi connectivity index (χ1) is 11.6. The zero-order valence-corrected chi connectivity index (χ0v) is 13.9. The number of pyridine rings is 1. The van der Waals surface area contributed by atoms with E-state index in [2.05, 4.69) is 34.8 Å². The number of benzene rings is 1. The molecule has 0 saturated carbocycles. The van der Waals surface area contributed by atoms with E-state index in [1.807, 2.05) is 42.6 Å². The van der Waals surface area contributed by atoms with Gasteiger partial charge in [-0.15, -0.1) is 0 Å². The van der Waals surface area contributed by atoms with Crippen LogP contribution in [0, 0.1) is 0 Å². The lowest BCUT2D eigenvalue weighted by Crippen LogP contribution is -2.28. The molecule has 2 aromatic heterocycles. The number of ether oxygens (including phenoxy) is 1. The molecule has 1 amide bonds. The quantitative estimate of drug-likeness (QED) is 0.757. The third-order valence-corrected chi connectivity index (χ3v) is 3.83. The van der Waals surface area contributed by atoms with Crippen molar-refractivity contribution in [1.29, 1.82) is 0 Å². The molecule has 0 saturated heterocycles. The number of aromatic nitrogens is 2. The van der Waals surface area contributed by atoms with E-state index in [9.17, 15) is 4.79 Å². The maximum absolute atomic E-state index is 12.0. The first-order valence-corrected chi connectivity index (χ1v) is 8.04. The minimum Gasteiger partial charge on any atom is -0.483 e. The van der Waals surface area contributed by atoms with Gasteiger partial charge in [-0.05, 0) is 44.2 Å². The zero-order valence-electron chi connectivity index (χ0n) is 13.9. The number of fused-ring (bicyclic) bond motifs is 1. The Labute approximate surface area is 141 Å². The number of amides is 1. The predicted molar refractivity (Wildman–Crippen MR) is 93.9 cm³/mol. The van der Waals surface area contributed by atoms with Crippen LogP contribution in [-0.4, -0.2) is 22.1 Å². The standard InChI is InChI=1S/C19H21N3O2/c1-14(2)22-11-9-16-17(22)7-5-8-18(16)24-13-19(23)21-12-15-6-3-4-10-20-15/h3-11,14H,12-13H2,1-2H3,(H,21,23). The summed E-state index contributed by atoms with van der Waals surface area (Å²) in [6.45, 7) is 4.66. The van der Waals surface area contributed by atoms with Crippen molar-refractivity contribution in [2.24, 2.45) is 0 Å². The second kappa shape index (κ2) is 7.17. The lowest BCUT2D eigenvalue weighted by atomic mass is 10.2. The van der Waals surface area contributed by atoms with Gasteiger partial charge >= 0.3 is 0 Å². The van der Waals surface area contributed by atoms with E-state index in [4.69, 9.17) is 4.74 Å². The maximum Gasteiger partial charge on any atom is 0.258 e. The number of hydrogen-bond acceptors (Lipinski definition) is 3. The Morgan fingerprint density at radius 2 is 2.08 bits per heavy atom. The van der Waals surface area contributed by atoms with Crippen molar-refractivity contribution in [3.05, 3.63) is 60.6 Å². The van der Waals surface area contributed by atoms with Crippen LogP contribution < -0.4 is 10.1 Å². The van der Waals surface area contributed by atoms with Gasteiger partial charge in [0, 0.05) is 23.8 Å². The lowest BCUT2D eigenvalue weighted by molar-refractivity contribution is -0.123. The highest BCUT2D eigenvalue weighted by Crippen LogP contribution is 2.28. The van der Waals surface area contributed by atoms with E-state index in [1.54, 1.807) is 6.20 Å². The molecule has 2 heterocycles. The van der Waals surface area contributed by atoms with Crippen molar-refractivity contribution >= 4 is 16.8 Å². The Kier molecular flexibility index (Phi) is 4.79. The molecule has 0 aliphatic carbocycles. The van der Waals surface area contributed by atoms with Gasteiger partial charge in [-0.25, -0.2) is 0 Å². The second-order valence-corrected chi connectivity index (χ2v) is 5.89. The lowest BCUT2D eigenvalue weighted by Gasteiger charge is -2.11. The second-order valence-electron chi connectivity index (χ2n) is 5.89. The Hall–Kier alpha value is -2.82. The van der Waals surface area contributed by atoms with Crippen molar-refractivity contribution in [2.45, 2.75) is 26.4 Å². The summed E-state index contributed by atoms with van der Waals surface area (Å²) in [7, 11) is 0. The molecule has 0 radical (unpaired) electrons. The van der Waals surface area contributed by atoms with E-state index >= 15 is 0 Å². The average molecular weight is 323 g/mol. The van der Waals surface area contributed by atoms with Crippen LogP contribution in [0.3, 0.4) is 0 Å². The summed E-state index contributed by atoms with van der Waals surface area (Å²) in [6, 6.07) is 13.9. The number of carbonyl (C=O) groups is 1. The molecule has 0 unspecified atom stereocenters. The van der Waals surface area contributed by atoms with Crippen LogP contribution in [0.1, 0.15) is 25.6 Å². The largest absolute Gasteiger partial charge is 0.483 e. The topological polar surface area (TPSA) is 56.1 Å². The Morgan fingerprint density at radius 3 is 2.83 bits per heavy atom. The normalized spacial score (nSPS) is 11.0. The average Bonchev–Trinajstić information content (AvgIpc) is 3.04. The third-order valence-electron chi connectivity index (χ3n) is 3.83. The molecule has 3 rings (SSSR count). The minimum absolute atomic E-state index is 0.0151. The molecule has 3 aromatic rings. The van der Waals surface area contributed by atoms with Crippen LogP contribution in [-0.2, 0) is 11.3 Å². The van der Waals surface area contributed by atoms with Crippen LogP contribution in [0.5, 0.6) is 5.75 Å². The molecular formula is C19H21N3O2. The zero-order chi connectivity index (χ0) is 16.9. The van der Waals surface area contributed by atoms with Gasteiger partial charge in [0.2, 0.25) is 0 Å². The smallest absolute Gasteiger partial charge is 0.258 e. The highest BCUT2D eigenvalue weighted by atomic mass is 16.5. The van der Waals surface area contributed by atoms with E-state index in [0.717, 1.165) is 22.3 Å². The molecule has 0 aliphatic rings. The van der Waals surface area contributed by atoms with Crippen molar-refractivity contribution < 1.29 is 9.53 Å².